The van der Waals surface area contributed by atoms with E-state index in [0.717, 1.165) is 24.2 Å². The molecule has 7 heteroatoms. The number of benzene rings is 2. The van der Waals surface area contributed by atoms with Gasteiger partial charge in [-0.2, -0.15) is 14.9 Å². The van der Waals surface area contributed by atoms with Gasteiger partial charge in [0, 0.05) is 29.4 Å². The summed E-state index contributed by atoms with van der Waals surface area (Å²) in [5.41, 5.74) is 3.03. The first-order valence-electron chi connectivity index (χ1n) is 8.45. The van der Waals surface area contributed by atoms with Crippen LogP contribution in [-0.2, 0) is 0 Å². The van der Waals surface area contributed by atoms with Crippen molar-refractivity contribution in [2.75, 3.05) is 18.0 Å². The van der Waals surface area contributed by atoms with Gasteiger partial charge in [-0.25, -0.2) is 5.10 Å². The summed E-state index contributed by atoms with van der Waals surface area (Å²) >= 11 is 11.4. The third-order valence-corrected chi connectivity index (χ3v) is 4.58. The quantitative estimate of drug-likeness (QED) is 0.480. The molecule has 0 saturated heterocycles. The molecular formula is C19H20ClN5S. The topological polar surface area (TPSA) is 49.2 Å². The Labute approximate surface area is 162 Å². The van der Waals surface area contributed by atoms with E-state index in [4.69, 9.17) is 23.8 Å². The molecule has 26 heavy (non-hydrogen) atoms. The molecule has 1 N–H and O–H groups in total. The van der Waals surface area contributed by atoms with Crippen molar-refractivity contribution in [2.24, 2.45) is 5.10 Å². The smallest absolute Gasteiger partial charge is 0.216 e. The first-order chi connectivity index (χ1) is 12.6. The molecule has 0 aliphatic heterocycles. The van der Waals surface area contributed by atoms with E-state index in [9.17, 15) is 0 Å². The van der Waals surface area contributed by atoms with E-state index in [1.54, 1.807) is 10.9 Å². The molecule has 0 bridgehead atoms. The minimum atomic E-state index is 0.427. The minimum absolute atomic E-state index is 0.427. The Kier molecular flexibility index (Phi) is 5.85. The molecule has 0 radical (unpaired) electrons. The number of anilines is 1. The molecule has 1 heterocycles. The lowest BCUT2D eigenvalue weighted by Gasteiger charge is -2.20. The molecule has 1 aromatic heterocycles. The van der Waals surface area contributed by atoms with E-state index in [-0.39, 0.29) is 0 Å². The Morgan fingerprint density at radius 3 is 2.58 bits per heavy atom. The Morgan fingerprint density at radius 2 is 1.92 bits per heavy atom. The van der Waals surface area contributed by atoms with Crippen molar-refractivity contribution in [3.8, 4) is 11.4 Å². The van der Waals surface area contributed by atoms with Crippen LogP contribution in [0.1, 0.15) is 19.4 Å². The van der Waals surface area contributed by atoms with Gasteiger partial charge in [0.05, 0.1) is 6.21 Å². The van der Waals surface area contributed by atoms with Crippen molar-refractivity contribution in [1.29, 1.82) is 0 Å². The number of halogens is 1. The number of nitrogens with zero attached hydrogens (tertiary/aromatic N) is 4. The van der Waals surface area contributed by atoms with Gasteiger partial charge in [0.1, 0.15) is 0 Å². The van der Waals surface area contributed by atoms with Crippen molar-refractivity contribution < 1.29 is 0 Å². The van der Waals surface area contributed by atoms with Crippen LogP contribution >= 0.6 is 23.8 Å². The normalized spacial score (nSPS) is 11.2. The summed E-state index contributed by atoms with van der Waals surface area (Å²) in [4.78, 5) is 2.30. The molecule has 0 aliphatic carbocycles. The van der Waals surface area contributed by atoms with Crippen LogP contribution in [0, 0.1) is 4.77 Å². The van der Waals surface area contributed by atoms with Gasteiger partial charge >= 0.3 is 0 Å². The van der Waals surface area contributed by atoms with E-state index in [0.29, 0.717) is 15.6 Å². The molecular weight excluding hydrogens is 366 g/mol. The molecule has 3 rings (SSSR count). The average molecular weight is 386 g/mol. The van der Waals surface area contributed by atoms with Crippen LogP contribution in [0.15, 0.2) is 53.6 Å². The highest BCUT2D eigenvalue weighted by Crippen LogP contribution is 2.21. The largest absolute Gasteiger partial charge is 0.372 e. The Bertz CT molecular complexity index is 955. The van der Waals surface area contributed by atoms with Crippen LogP contribution in [0.4, 0.5) is 5.69 Å². The second kappa shape index (κ2) is 8.29. The first-order valence-corrected chi connectivity index (χ1v) is 9.23. The highest BCUT2D eigenvalue weighted by molar-refractivity contribution is 7.71. The number of aromatic amines is 1. The van der Waals surface area contributed by atoms with Gasteiger partial charge in [0.25, 0.3) is 0 Å². The summed E-state index contributed by atoms with van der Waals surface area (Å²) in [5.74, 6) is 0.619. The van der Waals surface area contributed by atoms with Crippen molar-refractivity contribution in [3.63, 3.8) is 0 Å². The maximum atomic E-state index is 6.08. The van der Waals surface area contributed by atoms with Gasteiger partial charge in [0.2, 0.25) is 4.77 Å². The lowest BCUT2D eigenvalue weighted by Crippen LogP contribution is -2.21. The lowest BCUT2D eigenvalue weighted by atomic mass is 10.2. The van der Waals surface area contributed by atoms with Gasteiger partial charge < -0.3 is 4.90 Å². The van der Waals surface area contributed by atoms with Gasteiger partial charge in [-0.05, 0) is 55.9 Å². The highest BCUT2D eigenvalue weighted by atomic mass is 35.5. The average Bonchev–Trinajstić information content (AvgIpc) is 3.03. The van der Waals surface area contributed by atoms with Crippen molar-refractivity contribution in [2.45, 2.75) is 13.8 Å². The SMILES string of the molecule is CCN(CC)c1ccc(C=Nn2c(-c3cccc(Cl)c3)n[nH]c2=S)cc1. The molecule has 0 saturated carbocycles. The minimum Gasteiger partial charge on any atom is -0.372 e. The zero-order valence-corrected chi connectivity index (χ0v) is 16.3. The Balaban J connectivity index is 1.87. The van der Waals surface area contributed by atoms with Crippen molar-refractivity contribution in [1.82, 2.24) is 14.9 Å². The van der Waals surface area contributed by atoms with E-state index < -0.39 is 0 Å². The maximum Gasteiger partial charge on any atom is 0.216 e. The standard InChI is InChI=1S/C19H20ClN5S/c1-3-24(4-2)17-10-8-14(9-11-17)13-21-25-18(22-23-19(25)26)15-6-5-7-16(20)12-15/h5-13H,3-4H2,1-2H3,(H,23,26). The summed E-state index contributed by atoms with van der Waals surface area (Å²) < 4.78 is 2.02. The highest BCUT2D eigenvalue weighted by Gasteiger charge is 2.08. The third-order valence-electron chi connectivity index (χ3n) is 4.08. The van der Waals surface area contributed by atoms with Gasteiger partial charge in [-0.1, -0.05) is 35.9 Å². The fourth-order valence-corrected chi connectivity index (χ4v) is 3.07. The number of nitrogens with one attached hydrogen (secondary N) is 1. The molecule has 0 amide bonds. The van der Waals surface area contributed by atoms with Crippen LogP contribution < -0.4 is 4.90 Å². The first kappa shape index (κ1) is 18.4. The van der Waals surface area contributed by atoms with Crippen molar-refractivity contribution in [3.05, 3.63) is 63.9 Å². The molecule has 0 fully saturated rings. The van der Waals surface area contributed by atoms with Crippen LogP contribution in [0.3, 0.4) is 0 Å². The molecule has 0 aliphatic rings. The zero-order chi connectivity index (χ0) is 18.5. The number of H-pyrrole nitrogens is 1. The molecule has 2 aromatic carbocycles. The van der Waals surface area contributed by atoms with Crippen LogP contribution in [0.5, 0.6) is 0 Å². The number of hydrogen-bond donors (Lipinski definition) is 1. The van der Waals surface area contributed by atoms with Crippen LogP contribution in [-0.4, -0.2) is 34.2 Å². The third kappa shape index (κ3) is 4.03. The number of rotatable bonds is 6. The van der Waals surface area contributed by atoms with Gasteiger partial charge in [0.15, 0.2) is 5.82 Å². The maximum absolute atomic E-state index is 6.08. The summed E-state index contributed by atoms with van der Waals surface area (Å²) in [6.07, 6.45) is 1.77. The Morgan fingerprint density at radius 1 is 1.19 bits per heavy atom. The zero-order valence-electron chi connectivity index (χ0n) is 14.7. The molecule has 3 aromatic rings. The van der Waals surface area contributed by atoms with Crippen LogP contribution in [0.25, 0.3) is 11.4 Å². The predicted octanol–water partition coefficient (Wildman–Crippen LogP) is 4.99. The second-order valence-electron chi connectivity index (χ2n) is 5.68. The summed E-state index contributed by atoms with van der Waals surface area (Å²) in [5, 5.41) is 12.2. The predicted molar refractivity (Wildman–Crippen MR) is 111 cm³/mol. The monoisotopic (exact) mass is 385 g/mol. The molecule has 0 spiro atoms. The number of hydrogen-bond acceptors (Lipinski definition) is 4. The van der Waals surface area contributed by atoms with E-state index in [2.05, 4.69) is 46.2 Å². The summed E-state index contributed by atoms with van der Waals surface area (Å²) in [7, 11) is 0. The second-order valence-corrected chi connectivity index (χ2v) is 6.51. The molecule has 5 nitrogen and oxygen atoms in total. The molecule has 0 unspecified atom stereocenters. The van der Waals surface area contributed by atoms with Crippen molar-refractivity contribution >= 4 is 35.7 Å². The fraction of sp³-hybridized carbons (Fsp3) is 0.211. The lowest BCUT2D eigenvalue weighted by molar-refractivity contribution is 0.865. The molecule has 134 valence electrons. The van der Waals surface area contributed by atoms with E-state index in [1.165, 1.54) is 5.69 Å². The van der Waals surface area contributed by atoms with Gasteiger partial charge in [-0.3, -0.25) is 0 Å². The van der Waals surface area contributed by atoms with E-state index in [1.807, 2.05) is 36.4 Å². The number of aromatic nitrogens is 3. The fourth-order valence-electron chi connectivity index (χ4n) is 2.70. The summed E-state index contributed by atoms with van der Waals surface area (Å²) in [6.45, 7) is 6.27. The summed E-state index contributed by atoms with van der Waals surface area (Å²) in [6, 6.07) is 15.7. The molecule has 0 atom stereocenters. The van der Waals surface area contributed by atoms with E-state index >= 15 is 0 Å². The van der Waals surface area contributed by atoms with Gasteiger partial charge in [-0.15, -0.1) is 0 Å². The van der Waals surface area contributed by atoms with Crippen LogP contribution in [0.2, 0.25) is 5.02 Å². The Hall–Kier alpha value is -2.44.